The van der Waals surface area contributed by atoms with Crippen LogP contribution in [0.2, 0.25) is 0 Å². The minimum Gasteiger partial charge on any atom is -0.491 e. The molecule has 0 aliphatic heterocycles. The normalized spacial score (nSPS) is 11.1. The van der Waals surface area contributed by atoms with Gasteiger partial charge in [0.15, 0.2) is 0 Å². The fourth-order valence-corrected chi connectivity index (χ4v) is 3.53. The van der Waals surface area contributed by atoms with Gasteiger partial charge in [0, 0.05) is 13.2 Å². The van der Waals surface area contributed by atoms with Crippen LogP contribution in [-0.2, 0) is 6.54 Å². The van der Waals surface area contributed by atoms with Gasteiger partial charge in [-0.2, -0.15) is 0 Å². The zero-order valence-corrected chi connectivity index (χ0v) is 17.6. The van der Waals surface area contributed by atoms with E-state index in [0.717, 1.165) is 36.4 Å². The number of unbranched alkanes of at least 4 members (excludes halogenated alkanes) is 9. The summed E-state index contributed by atoms with van der Waals surface area (Å²) in [7, 11) is 0. The van der Waals surface area contributed by atoms with Crippen molar-refractivity contribution < 1.29 is 14.9 Å². The van der Waals surface area contributed by atoms with Crippen LogP contribution in [0.1, 0.15) is 80.9 Å². The molecular formula is C23H41NO3. The van der Waals surface area contributed by atoms with Crippen LogP contribution < -0.4 is 10.1 Å². The standard InChI is InChI=1S/C23H41NO3/c1-20-17-22(18-21(2)23(20)27-16-15-26)19-24-13-11-9-7-5-3-4-6-8-10-12-14-25/h17-18,24-26H,3-16,19H2,1-2H3. The molecule has 1 rings (SSSR count). The van der Waals surface area contributed by atoms with Gasteiger partial charge >= 0.3 is 0 Å². The first-order valence-electron chi connectivity index (χ1n) is 10.8. The highest BCUT2D eigenvalue weighted by atomic mass is 16.5. The molecule has 0 atom stereocenters. The lowest BCUT2D eigenvalue weighted by atomic mass is 10.1. The minimum absolute atomic E-state index is 0.0484. The second kappa shape index (κ2) is 15.9. The van der Waals surface area contributed by atoms with Crippen molar-refractivity contribution in [3.63, 3.8) is 0 Å². The summed E-state index contributed by atoms with van der Waals surface area (Å²) in [6.45, 7) is 6.84. The van der Waals surface area contributed by atoms with E-state index in [2.05, 4.69) is 31.3 Å². The minimum atomic E-state index is 0.0484. The van der Waals surface area contributed by atoms with Crippen LogP contribution in [0, 0.1) is 13.8 Å². The second-order valence-electron chi connectivity index (χ2n) is 7.57. The third kappa shape index (κ3) is 11.4. The van der Waals surface area contributed by atoms with Crippen LogP contribution in [-0.4, -0.2) is 36.6 Å². The lowest BCUT2D eigenvalue weighted by Crippen LogP contribution is -2.15. The highest BCUT2D eigenvalue weighted by molar-refractivity contribution is 5.43. The van der Waals surface area contributed by atoms with Gasteiger partial charge in [0.05, 0.1) is 6.61 Å². The Morgan fingerprint density at radius 2 is 1.26 bits per heavy atom. The molecule has 0 aliphatic rings. The van der Waals surface area contributed by atoms with Crippen molar-refractivity contribution in [1.29, 1.82) is 0 Å². The summed E-state index contributed by atoms with van der Waals surface area (Å²) >= 11 is 0. The van der Waals surface area contributed by atoms with Gasteiger partial charge in [-0.1, -0.05) is 63.5 Å². The van der Waals surface area contributed by atoms with Gasteiger partial charge in [-0.3, -0.25) is 0 Å². The van der Waals surface area contributed by atoms with Gasteiger partial charge in [-0.15, -0.1) is 0 Å². The van der Waals surface area contributed by atoms with E-state index in [0.29, 0.717) is 13.2 Å². The largest absolute Gasteiger partial charge is 0.491 e. The fourth-order valence-electron chi connectivity index (χ4n) is 3.53. The molecule has 27 heavy (non-hydrogen) atoms. The van der Waals surface area contributed by atoms with Crippen molar-refractivity contribution in [1.82, 2.24) is 5.32 Å². The van der Waals surface area contributed by atoms with Crippen molar-refractivity contribution in [3.05, 3.63) is 28.8 Å². The SMILES string of the molecule is Cc1cc(CNCCCCCCCCCCCCO)cc(C)c1OCCO. The molecule has 0 amide bonds. The molecular weight excluding hydrogens is 338 g/mol. The molecule has 3 N–H and O–H groups in total. The summed E-state index contributed by atoms with van der Waals surface area (Å²) in [5, 5.41) is 21.2. The van der Waals surface area contributed by atoms with Crippen LogP contribution in [0.4, 0.5) is 0 Å². The van der Waals surface area contributed by atoms with Crippen LogP contribution in [0.15, 0.2) is 12.1 Å². The van der Waals surface area contributed by atoms with E-state index in [-0.39, 0.29) is 6.61 Å². The van der Waals surface area contributed by atoms with E-state index in [1.807, 2.05) is 0 Å². The molecule has 0 bridgehead atoms. The van der Waals surface area contributed by atoms with Gasteiger partial charge < -0.3 is 20.3 Å². The summed E-state index contributed by atoms with van der Waals surface area (Å²) in [5.41, 5.74) is 3.57. The molecule has 4 nitrogen and oxygen atoms in total. The third-order valence-corrected chi connectivity index (χ3v) is 4.95. The first-order chi connectivity index (χ1) is 13.2. The lowest BCUT2D eigenvalue weighted by Gasteiger charge is -2.14. The maximum Gasteiger partial charge on any atom is 0.125 e. The zero-order chi connectivity index (χ0) is 19.7. The van der Waals surface area contributed by atoms with E-state index in [1.54, 1.807) is 0 Å². The average molecular weight is 380 g/mol. The summed E-state index contributed by atoms with van der Waals surface area (Å²) in [6, 6.07) is 4.35. The molecule has 0 spiro atoms. The van der Waals surface area contributed by atoms with Crippen molar-refractivity contribution >= 4 is 0 Å². The summed E-state index contributed by atoms with van der Waals surface area (Å²) < 4.78 is 5.61. The molecule has 1 aromatic rings. The van der Waals surface area contributed by atoms with E-state index >= 15 is 0 Å². The Bertz CT molecular complexity index is 468. The topological polar surface area (TPSA) is 61.7 Å². The number of nitrogens with one attached hydrogen (secondary N) is 1. The monoisotopic (exact) mass is 379 g/mol. The Morgan fingerprint density at radius 1 is 0.741 bits per heavy atom. The average Bonchev–Trinajstić information content (AvgIpc) is 2.65. The molecule has 156 valence electrons. The van der Waals surface area contributed by atoms with Crippen LogP contribution >= 0.6 is 0 Å². The number of hydrogen-bond donors (Lipinski definition) is 3. The molecule has 0 heterocycles. The van der Waals surface area contributed by atoms with Crippen molar-refractivity contribution in [3.8, 4) is 5.75 Å². The highest BCUT2D eigenvalue weighted by Gasteiger charge is 2.06. The zero-order valence-electron chi connectivity index (χ0n) is 17.6. The smallest absolute Gasteiger partial charge is 0.125 e. The molecule has 0 fully saturated rings. The molecule has 0 aliphatic carbocycles. The number of rotatable bonds is 17. The van der Waals surface area contributed by atoms with E-state index < -0.39 is 0 Å². The first kappa shape index (κ1) is 23.9. The second-order valence-corrected chi connectivity index (χ2v) is 7.57. The fraction of sp³-hybridized carbons (Fsp3) is 0.739. The van der Waals surface area contributed by atoms with E-state index in [1.165, 1.54) is 63.4 Å². The number of aliphatic hydroxyl groups is 2. The Labute approximate surface area is 166 Å². The first-order valence-corrected chi connectivity index (χ1v) is 10.8. The van der Waals surface area contributed by atoms with Crippen molar-refractivity contribution in [2.45, 2.75) is 84.6 Å². The summed E-state index contributed by atoms with van der Waals surface area (Å²) in [6.07, 6.45) is 12.7. The Balaban J connectivity index is 2.03. The third-order valence-electron chi connectivity index (χ3n) is 4.95. The molecule has 0 saturated carbocycles. The Kier molecular flexibility index (Phi) is 14.1. The van der Waals surface area contributed by atoms with Gasteiger partial charge in [-0.05, 0) is 49.9 Å². The lowest BCUT2D eigenvalue weighted by molar-refractivity contribution is 0.200. The molecule has 1 aromatic carbocycles. The van der Waals surface area contributed by atoms with Gasteiger partial charge in [0.25, 0.3) is 0 Å². The maximum absolute atomic E-state index is 8.91. The predicted octanol–water partition coefficient (Wildman–Crippen LogP) is 4.66. The summed E-state index contributed by atoms with van der Waals surface area (Å²) in [4.78, 5) is 0. The van der Waals surface area contributed by atoms with E-state index in [9.17, 15) is 0 Å². The molecule has 0 unspecified atom stereocenters. The molecule has 0 aromatic heterocycles. The summed E-state index contributed by atoms with van der Waals surface area (Å²) in [5.74, 6) is 0.904. The van der Waals surface area contributed by atoms with Crippen LogP contribution in [0.25, 0.3) is 0 Å². The number of aliphatic hydroxyl groups excluding tert-OH is 2. The van der Waals surface area contributed by atoms with Gasteiger partial charge in [0.1, 0.15) is 12.4 Å². The van der Waals surface area contributed by atoms with E-state index in [4.69, 9.17) is 14.9 Å². The maximum atomic E-state index is 8.91. The number of ether oxygens (including phenoxy) is 1. The van der Waals surface area contributed by atoms with Gasteiger partial charge in [0.2, 0.25) is 0 Å². The highest BCUT2D eigenvalue weighted by Crippen LogP contribution is 2.24. The molecule has 4 heteroatoms. The quantitative estimate of drug-likeness (QED) is 0.345. The number of aryl methyl sites for hydroxylation is 2. The predicted molar refractivity (Wildman–Crippen MR) is 113 cm³/mol. The number of hydrogen-bond acceptors (Lipinski definition) is 4. The van der Waals surface area contributed by atoms with Crippen molar-refractivity contribution in [2.75, 3.05) is 26.4 Å². The van der Waals surface area contributed by atoms with Crippen LogP contribution in [0.3, 0.4) is 0 Å². The Hall–Kier alpha value is -1.10. The molecule has 0 saturated heterocycles. The number of benzene rings is 1. The van der Waals surface area contributed by atoms with Crippen molar-refractivity contribution in [2.24, 2.45) is 0 Å². The van der Waals surface area contributed by atoms with Gasteiger partial charge in [-0.25, -0.2) is 0 Å². The van der Waals surface area contributed by atoms with Crippen LogP contribution in [0.5, 0.6) is 5.75 Å². The molecule has 0 radical (unpaired) electrons. The Morgan fingerprint density at radius 3 is 1.78 bits per heavy atom.